The number of ketones is 1. The van der Waals surface area contributed by atoms with Gasteiger partial charge in [0, 0.05) is 6.42 Å². The molecule has 0 aliphatic carbocycles. The summed E-state index contributed by atoms with van der Waals surface area (Å²) in [6.07, 6.45) is 0.122. The van der Waals surface area contributed by atoms with Crippen LogP contribution < -0.4 is 0 Å². The zero-order chi connectivity index (χ0) is 10.0. The van der Waals surface area contributed by atoms with Crippen LogP contribution in [0.4, 0.5) is 8.78 Å². The summed E-state index contributed by atoms with van der Waals surface area (Å²) in [5, 5.41) is -0.364. The maximum atomic E-state index is 13.1. The fourth-order valence-electron chi connectivity index (χ4n) is 0.949. The van der Waals surface area contributed by atoms with E-state index in [1.54, 1.807) is 6.92 Å². The number of carbonyl (C=O) groups is 1. The third-order valence-electron chi connectivity index (χ3n) is 1.61. The Labute approximate surface area is 79.3 Å². The number of hydrogen-bond acceptors (Lipinski definition) is 1. The third-order valence-corrected chi connectivity index (χ3v) is 1.89. The van der Waals surface area contributed by atoms with Gasteiger partial charge in [-0.1, -0.05) is 18.5 Å². The summed E-state index contributed by atoms with van der Waals surface area (Å²) in [4.78, 5) is 11.1. The van der Waals surface area contributed by atoms with Gasteiger partial charge in [-0.05, 0) is 12.1 Å². The standard InChI is InChI=1S/C9H7ClF2O/c1-2-8(13)6-3-5(11)4-7(10)9(6)12/h3-4H,2H2,1H3. The largest absolute Gasteiger partial charge is 0.294 e. The molecule has 0 amide bonds. The first kappa shape index (κ1) is 10.1. The van der Waals surface area contributed by atoms with E-state index in [4.69, 9.17) is 11.6 Å². The van der Waals surface area contributed by atoms with E-state index in [2.05, 4.69) is 0 Å². The summed E-state index contributed by atoms with van der Waals surface area (Å²) >= 11 is 5.35. The molecule has 0 spiro atoms. The number of hydrogen-bond donors (Lipinski definition) is 0. The lowest BCUT2D eigenvalue weighted by molar-refractivity contribution is 0.0984. The van der Waals surface area contributed by atoms with Crippen LogP contribution in [0.15, 0.2) is 12.1 Å². The van der Waals surface area contributed by atoms with Gasteiger partial charge in [0.2, 0.25) is 0 Å². The topological polar surface area (TPSA) is 17.1 Å². The van der Waals surface area contributed by atoms with Crippen molar-refractivity contribution in [2.75, 3.05) is 0 Å². The quantitative estimate of drug-likeness (QED) is 0.534. The van der Waals surface area contributed by atoms with Crippen LogP contribution in [0.2, 0.25) is 5.02 Å². The molecule has 0 aliphatic rings. The van der Waals surface area contributed by atoms with Crippen molar-refractivity contribution >= 4 is 17.4 Å². The van der Waals surface area contributed by atoms with Gasteiger partial charge < -0.3 is 0 Å². The van der Waals surface area contributed by atoms with E-state index < -0.39 is 17.4 Å². The number of rotatable bonds is 2. The maximum absolute atomic E-state index is 13.1. The maximum Gasteiger partial charge on any atom is 0.165 e. The highest BCUT2D eigenvalue weighted by molar-refractivity contribution is 6.31. The Morgan fingerprint density at radius 1 is 1.46 bits per heavy atom. The second kappa shape index (κ2) is 3.83. The minimum atomic E-state index is -0.852. The molecular formula is C9H7ClF2O. The second-order valence-corrected chi connectivity index (χ2v) is 2.93. The SMILES string of the molecule is CCC(=O)c1cc(F)cc(Cl)c1F. The molecule has 0 atom stereocenters. The number of benzene rings is 1. The van der Waals surface area contributed by atoms with Crippen molar-refractivity contribution in [1.29, 1.82) is 0 Å². The first-order chi connectivity index (χ1) is 6.06. The number of carbonyl (C=O) groups excluding carboxylic acids is 1. The molecule has 0 saturated heterocycles. The Morgan fingerprint density at radius 2 is 2.08 bits per heavy atom. The predicted octanol–water partition coefficient (Wildman–Crippen LogP) is 3.21. The molecule has 13 heavy (non-hydrogen) atoms. The molecule has 0 aromatic heterocycles. The molecular weight excluding hydrogens is 198 g/mol. The zero-order valence-corrected chi connectivity index (χ0v) is 7.66. The zero-order valence-electron chi connectivity index (χ0n) is 6.90. The van der Waals surface area contributed by atoms with Crippen LogP contribution in [0, 0.1) is 11.6 Å². The molecule has 0 fully saturated rings. The van der Waals surface area contributed by atoms with E-state index in [-0.39, 0.29) is 17.0 Å². The number of Topliss-reactive ketones (excluding diaryl/α,β-unsaturated/α-hetero) is 1. The van der Waals surface area contributed by atoms with E-state index in [1.807, 2.05) is 0 Å². The van der Waals surface area contributed by atoms with Crippen molar-refractivity contribution in [2.45, 2.75) is 13.3 Å². The van der Waals surface area contributed by atoms with Crippen LogP contribution in [0.5, 0.6) is 0 Å². The van der Waals surface area contributed by atoms with E-state index in [0.29, 0.717) is 0 Å². The molecule has 0 aliphatic heterocycles. The molecule has 1 rings (SSSR count). The van der Waals surface area contributed by atoms with Gasteiger partial charge in [-0.3, -0.25) is 4.79 Å². The Morgan fingerprint density at radius 3 is 2.62 bits per heavy atom. The molecule has 0 N–H and O–H groups in total. The summed E-state index contributed by atoms with van der Waals surface area (Å²) in [6.45, 7) is 1.57. The summed E-state index contributed by atoms with van der Waals surface area (Å²) in [5.74, 6) is -2.02. The molecule has 0 radical (unpaired) electrons. The van der Waals surface area contributed by atoms with Gasteiger partial charge in [0.1, 0.15) is 5.82 Å². The molecule has 4 heteroatoms. The fraction of sp³-hybridized carbons (Fsp3) is 0.222. The van der Waals surface area contributed by atoms with Crippen molar-refractivity contribution in [3.05, 3.63) is 34.4 Å². The average molecular weight is 205 g/mol. The van der Waals surface area contributed by atoms with Crippen LogP contribution in [-0.2, 0) is 0 Å². The van der Waals surface area contributed by atoms with Crippen molar-refractivity contribution in [2.24, 2.45) is 0 Å². The lowest BCUT2D eigenvalue weighted by atomic mass is 10.1. The molecule has 0 heterocycles. The Bertz CT molecular complexity index is 350. The normalized spacial score (nSPS) is 10.2. The summed E-state index contributed by atoms with van der Waals surface area (Å²) in [5.41, 5.74) is -0.285. The Kier molecular flexibility index (Phi) is 2.98. The highest BCUT2D eigenvalue weighted by Gasteiger charge is 2.14. The van der Waals surface area contributed by atoms with Crippen molar-refractivity contribution in [3.63, 3.8) is 0 Å². The van der Waals surface area contributed by atoms with Gasteiger partial charge in [0.15, 0.2) is 11.6 Å². The Hall–Kier alpha value is -0.960. The molecule has 70 valence electrons. The van der Waals surface area contributed by atoms with Gasteiger partial charge in [-0.15, -0.1) is 0 Å². The third kappa shape index (κ3) is 2.04. The monoisotopic (exact) mass is 204 g/mol. The molecule has 1 aromatic rings. The van der Waals surface area contributed by atoms with Crippen molar-refractivity contribution in [1.82, 2.24) is 0 Å². The Balaban J connectivity index is 3.28. The van der Waals surface area contributed by atoms with E-state index in [1.165, 1.54) is 0 Å². The lowest BCUT2D eigenvalue weighted by Gasteiger charge is -2.01. The smallest absolute Gasteiger partial charge is 0.165 e. The van der Waals surface area contributed by atoms with Crippen LogP contribution in [0.1, 0.15) is 23.7 Å². The van der Waals surface area contributed by atoms with E-state index in [9.17, 15) is 13.6 Å². The minimum Gasteiger partial charge on any atom is -0.294 e. The molecule has 1 nitrogen and oxygen atoms in total. The number of halogens is 3. The highest BCUT2D eigenvalue weighted by atomic mass is 35.5. The van der Waals surface area contributed by atoms with Crippen molar-refractivity contribution < 1.29 is 13.6 Å². The molecule has 0 saturated carbocycles. The van der Waals surface area contributed by atoms with Gasteiger partial charge in [-0.25, -0.2) is 8.78 Å². The first-order valence-electron chi connectivity index (χ1n) is 3.74. The van der Waals surface area contributed by atoms with E-state index >= 15 is 0 Å². The second-order valence-electron chi connectivity index (χ2n) is 2.53. The molecule has 1 aromatic carbocycles. The van der Waals surface area contributed by atoms with Gasteiger partial charge in [0.25, 0.3) is 0 Å². The van der Waals surface area contributed by atoms with Crippen LogP contribution in [0.25, 0.3) is 0 Å². The lowest BCUT2D eigenvalue weighted by Crippen LogP contribution is -2.01. The summed E-state index contributed by atoms with van der Waals surface area (Å²) in [7, 11) is 0. The van der Waals surface area contributed by atoms with Crippen molar-refractivity contribution in [3.8, 4) is 0 Å². The predicted molar refractivity (Wildman–Crippen MR) is 46.0 cm³/mol. The summed E-state index contributed by atoms with van der Waals surface area (Å²) < 4.78 is 25.8. The van der Waals surface area contributed by atoms with E-state index in [0.717, 1.165) is 12.1 Å². The van der Waals surface area contributed by atoms with Crippen LogP contribution in [-0.4, -0.2) is 5.78 Å². The average Bonchev–Trinajstić information content (AvgIpc) is 2.10. The molecule has 0 unspecified atom stereocenters. The first-order valence-corrected chi connectivity index (χ1v) is 4.11. The fourth-order valence-corrected chi connectivity index (χ4v) is 1.16. The highest BCUT2D eigenvalue weighted by Crippen LogP contribution is 2.21. The van der Waals surface area contributed by atoms with Crippen LogP contribution in [0.3, 0.4) is 0 Å². The summed E-state index contributed by atoms with van der Waals surface area (Å²) in [6, 6.07) is 1.69. The molecule has 0 bridgehead atoms. The van der Waals surface area contributed by atoms with Gasteiger partial charge in [-0.2, -0.15) is 0 Å². The van der Waals surface area contributed by atoms with Gasteiger partial charge in [0.05, 0.1) is 10.6 Å². The van der Waals surface area contributed by atoms with Crippen LogP contribution >= 0.6 is 11.6 Å². The minimum absolute atomic E-state index is 0.122. The van der Waals surface area contributed by atoms with Gasteiger partial charge >= 0.3 is 0 Å².